The van der Waals surface area contributed by atoms with E-state index in [0.29, 0.717) is 0 Å². The summed E-state index contributed by atoms with van der Waals surface area (Å²) in [7, 11) is 0. The molecule has 0 aliphatic carbocycles. The van der Waals surface area contributed by atoms with E-state index >= 15 is 0 Å². The van der Waals surface area contributed by atoms with Crippen LogP contribution in [0.3, 0.4) is 0 Å². The van der Waals surface area contributed by atoms with E-state index in [4.69, 9.17) is 10.2 Å². The second kappa shape index (κ2) is 5.18. The molecule has 3 N–H and O–H groups in total. The number of nitrogens with one attached hydrogen (secondary N) is 1. The molecule has 0 saturated heterocycles. The summed E-state index contributed by atoms with van der Waals surface area (Å²) in [6, 6.07) is 0. The van der Waals surface area contributed by atoms with Gasteiger partial charge in [-0.15, -0.1) is 0 Å². The summed E-state index contributed by atoms with van der Waals surface area (Å²) in [5, 5.41) is 17.4. The van der Waals surface area contributed by atoms with Crippen LogP contribution in [0.25, 0.3) is 0 Å². The Morgan fingerprint density at radius 1 is 0.950 bits per heavy atom. The molecule has 120 valence electrons. The average molecular weight is 323 g/mol. The lowest BCUT2D eigenvalue weighted by molar-refractivity contribution is -0.405. The normalized spacial score (nSPS) is 15.9. The van der Waals surface area contributed by atoms with Crippen LogP contribution in [-0.4, -0.2) is 52.9 Å². The predicted octanol–water partition coefficient (Wildman–Crippen LogP) is 2.08. The molecule has 1 atom stereocenters. The molecule has 0 aliphatic rings. The molecular weight excluding hydrogens is 317 g/mol. The molecule has 0 aromatic carbocycles. The Bertz CT molecular complexity index is 367. The van der Waals surface area contributed by atoms with Gasteiger partial charge in [-0.05, 0) is 0 Å². The number of hydrogen-bond acceptors (Lipinski definition) is 2. The highest BCUT2D eigenvalue weighted by Crippen LogP contribution is 2.53. The van der Waals surface area contributed by atoms with Crippen molar-refractivity contribution in [2.45, 2.75) is 30.0 Å². The molecule has 20 heavy (non-hydrogen) atoms. The van der Waals surface area contributed by atoms with Gasteiger partial charge in [0.05, 0.1) is 6.54 Å². The Morgan fingerprint density at radius 3 is 1.65 bits per heavy atom. The van der Waals surface area contributed by atoms with E-state index in [1.54, 1.807) is 0 Å². The first kappa shape index (κ1) is 18.6. The number of halogens is 9. The number of alkyl halides is 9. The van der Waals surface area contributed by atoms with Gasteiger partial charge in [-0.25, -0.2) is 4.79 Å². The maximum atomic E-state index is 12.9. The van der Waals surface area contributed by atoms with E-state index in [-0.39, 0.29) is 0 Å². The minimum absolute atomic E-state index is 0.941. The Hall–Kier alpha value is -1.40. The monoisotopic (exact) mass is 323 g/mol. The van der Waals surface area contributed by atoms with Gasteiger partial charge in [0.1, 0.15) is 6.10 Å². The number of rotatable bonds is 5. The molecular formula is C7H6F9NO3. The molecule has 0 fully saturated rings. The first-order chi connectivity index (χ1) is 8.59. The second-order valence-corrected chi connectivity index (χ2v) is 3.47. The summed E-state index contributed by atoms with van der Waals surface area (Å²) in [6.07, 6.45) is -12.9. The van der Waals surface area contributed by atoms with Crippen molar-refractivity contribution in [3.05, 3.63) is 0 Å². The van der Waals surface area contributed by atoms with Crippen LogP contribution in [0, 0.1) is 0 Å². The Kier molecular flexibility index (Phi) is 4.82. The van der Waals surface area contributed by atoms with Gasteiger partial charge in [0.25, 0.3) is 0 Å². The molecule has 0 bridgehead atoms. The Morgan fingerprint density at radius 2 is 1.35 bits per heavy atom. The van der Waals surface area contributed by atoms with E-state index in [1.165, 1.54) is 0 Å². The third-order valence-electron chi connectivity index (χ3n) is 2.03. The zero-order chi connectivity index (χ0) is 16.6. The SMILES string of the molecule is O=C(O)NCC(O)C(F)(F)C(F)(F)C(F)(F)C(F)(F)F. The van der Waals surface area contributed by atoms with Gasteiger partial charge in [-0.1, -0.05) is 0 Å². The van der Waals surface area contributed by atoms with Crippen LogP contribution in [0.1, 0.15) is 0 Å². The molecule has 0 saturated carbocycles. The van der Waals surface area contributed by atoms with E-state index in [2.05, 4.69) is 0 Å². The maximum absolute atomic E-state index is 12.9. The molecule has 1 unspecified atom stereocenters. The molecule has 0 aromatic rings. The van der Waals surface area contributed by atoms with Gasteiger partial charge in [0.15, 0.2) is 0 Å². The van der Waals surface area contributed by atoms with Crippen LogP contribution >= 0.6 is 0 Å². The van der Waals surface area contributed by atoms with Gasteiger partial charge in [-0.2, -0.15) is 39.5 Å². The number of aliphatic hydroxyl groups excluding tert-OH is 1. The van der Waals surface area contributed by atoms with Crippen molar-refractivity contribution < 1.29 is 54.5 Å². The van der Waals surface area contributed by atoms with Crippen molar-refractivity contribution in [2.24, 2.45) is 0 Å². The quantitative estimate of drug-likeness (QED) is 0.679. The third-order valence-corrected chi connectivity index (χ3v) is 2.03. The van der Waals surface area contributed by atoms with Crippen LogP contribution in [-0.2, 0) is 0 Å². The van der Waals surface area contributed by atoms with Crippen LogP contribution < -0.4 is 5.32 Å². The number of carboxylic acid groups (broad SMARTS) is 1. The lowest BCUT2D eigenvalue weighted by Gasteiger charge is -2.35. The standard InChI is InChI=1S/C7H6F9NO3/c8-4(9,2(18)1-17-3(19)20)5(10,11)6(12,13)7(14,15)16/h2,17-18H,1H2,(H,19,20). The molecule has 0 radical (unpaired) electrons. The van der Waals surface area contributed by atoms with Gasteiger partial charge >= 0.3 is 30.0 Å². The molecule has 0 aromatic heterocycles. The Balaban J connectivity index is 5.40. The molecule has 0 rings (SSSR count). The Labute approximate surface area is 104 Å². The van der Waals surface area contributed by atoms with Gasteiger partial charge in [0.2, 0.25) is 0 Å². The fourth-order valence-electron chi connectivity index (χ4n) is 0.909. The maximum Gasteiger partial charge on any atom is 0.460 e. The summed E-state index contributed by atoms with van der Waals surface area (Å²) >= 11 is 0. The molecule has 0 heterocycles. The molecule has 0 aliphatic heterocycles. The van der Waals surface area contributed by atoms with Crippen molar-refractivity contribution >= 4 is 6.09 Å². The minimum Gasteiger partial charge on any atom is -0.465 e. The second-order valence-electron chi connectivity index (χ2n) is 3.47. The van der Waals surface area contributed by atoms with E-state index in [1.807, 2.05) is 0 Å². The predicted molar refractivity (Wildman–Crippen MR) is 42.9 cm³/mol. The van der Waals surface area contributed by atoms with Crippen LogP contribution in [0.2, 0.25) is 0 Å². The lowest BCUT2D eigenvalue weighted by Crippen LogP contribution is -2.65. The smallest absolute Gasteiger partial charge is 0.460 e. The fourth-order valence-corrected chi connectivity index (χ4v) is 0.909. The highest BCUT2D eigenvalue weighted by atomic mass is 19.4. The first-order valence-electron chi connectivity index (χ1n) is 4.44. The number of aliphatic hydroxyl groups is 1. The largest absolute Gasteiger partial charge is 0.465 e. The first-order valence-corrected chi connectivity index (χ1v) is 4.44. The number of amides is 1. The van der Waals surface area contributed by atoms with Crippen LogP contribution in [0.15, 0.2) is 0 Å². The number of carbonyl (C=O) groups is 1. The molecule has 4 nitrogen and oxygen atoms in total. The average Bonchev–Trinajstić information content (AvgIpc) is 2.23. The highest BCUT2D eigenvalue weighted by Gasteiger charge is 2.83. The van der Waals surface area contributed by atoms with E-state index in [0.717, 1.165) is 5.32 Å². The van der Waals surface area contributed by atoms with E-state index in [9.17, 15) is 44.3 Å². The number of hydrogen-bond donors (Lipinski definition) is 3. The van der Waals surface area contributed by atoms with Crippen molar-refractivity contribution in [3.8, 4) is 0 Å². The minimum atomic E-state index is -7.13. The van der Waals surface area contributed by atoms with Gasteiger partial charge in [-0.3, -0.25) is 0 Å². The topological polar surface area (TPSA) is 69.6 Å². The molecule has 0 spiro atoms. The molecule has 13 heteroatoms. The zero-order valence-electron chi connectivity index (χ0n) is 8.99. The van der Waals surface area contributed by atoms with Crippen LogP contribution in [0.5, 0.6) is 0 Å². The summed E-state index contributed by atoms with van der Waals surface area (Å²) in [4.78, 5) is 9.85. The van der Waals surface area contributed by atoms with Crippen molar-refractivity contribution in [2.75, 3.05) is 6.54 Å². The van der Waals surface area contributed by atoms with Crippen molar-refractivity contribution in [1.29, 1.82) is 0 Å². The van der Waals surface area contributed by atoms with E-state index < -0.39 is 42.7 Å². The third kappa shape index (κ3) is 3.02. The lowest BCUT2D eigenvalue weighted by atomic mass is 9.99. The zero-order valence-corrected chi connectivity index (χ0v) is 8.99. The summed E-state index contributed by atoms with van der Waals surface area (Å²) in [5.74, 6) is -20.4. The van der Waals surface area contributed by atoms with Crippen LogP contribution in [0.4, 0.5) is 44.3 Å². The van der Waals surface area contributed by atoms with Gasteiger partial charge < -0.3 is 15.5 Å². The highest BCUT2D eigenvalue weighted by molar-refractivity contribution is 5.64. The van der Waals surface area contributed by atoms with Crippen molar-refractivity contribution in [1.82, 2.24) is 5.32 Å². The molecule has 1 amide bonds. The summed E-state index contributed by atoms with van der Waals surface area (Å²) < 4.78 is 111. The van der Waals surface area contributed by atoms with Crippen molar-refractivity contribution in [3.63, 3.8) is 0 Å². The fraction of sp³-hybridized carbons (Fsp3) is 0.857. The summed E-state index contributed by atoms with van der Waals surface area (Å²) in [6.45, 7) is -1.88. The van der Waals surface area contributed by atoms with Gasteiger partial charge in [0, 0.05) is 0 Å². The summed E-state index contributed by atoms with van der Waals surface area (Å²) in [5.41, 5.74) is 0.